The first-order valence-corrected chi connectivity index (χ1v) is 9.78. The van der Waals surface area contributed by atoms with Gasteiger partial charge in [-0.25, -0.2) is 9.80 Å². The van der Waals surface area contributed by atoms with Gasteiger partial charge in [0.25, 0.3) is 11.8 Å². The molecule has 0 bridgehead atoms. The lowest BCUT2D eigenvalue weighted by Crippen LogP contribution is -2.55. The van der Waals surface area contributed by atoms with Gasteiger partial charge in [0, 0.05) is 16.5 Å². The molecule has 2 amide bonds. The van der Waals surface area contributed by atoms with E-state index in [1.54, 1.807) is 61.5 Å². The second kappa shape index (κ2) is 9.32. The molecule has 2 atom stereocenters. The number of ether oxygens (including phenoxy) is 1. The number of amides is 2. The second-order valence-corrected chi connectivity index (χ2v) is 7.07. The van der Waals surface area contributed by atoms with Gasteiger partial charge in [-0.1, -0.05) is 41.9 Å². The van der Waals surface area contributed by atoms with Crippen molar-refractivity contribution in [3.8, 4) is 6.07 Å². The quantitative estimate of drug-likeness (QED) is 0.691. The van der Waals surface area contributed by atoms with Crippen molar-refractivity contribution in [3.05, 3.63) is 82.1 Å². The summed E-state index contributed by atoms with van der Waals surface area (Å²) < 4.78 is 5.13. The van der Waals surface area contributed by atoms with E-state index in [2.05, 4.69) is 5.43 Å². The number of hydrogen-bond acceptors (Lipinski definition) is 6. The van der Waals surface area contributed by atoms with Crippen molar-refractivity contribution in [2.45, 2.75) is 12.8 Å². The number of carbonyl (C=O) groups is 3. The summed E-state index contributed by atoms with van der Waals surface area (Å²) in [7, 11) is 0. The summed E-state index contributed by atoms with van der Waals surface area (Å²) in [6, 6.07) is 16.5. The minimum absolute atomic E-state index is 0.0600. The molecule has 0 saturated heterocycles. The average Bonchev–Trinajstić information content (AvgIpc) is 2.77. The predicted octanol–water partition coefficient (Wildman–Crippen LogP) is 2.48. The van der Waals surface area contributed by atoms with Crippen LogP contribution in [0.3, 0.4) is 0 Å². The topological polar surface area (TPSA) is 126 Å². The van der Waals surface area contributed by atoms with E-state index in [1.807, 2.05) is 6.07 Å². The average molecular weight is 439 g/mol. The number of carbonyl (C=O) groups excluding carboxylic acids is 3. The number of nitrogens with two attached hydrogens (primary N) is 1. The standard InChI is InChI=1S/C22H19ClN4O4/c1-2-31-22(30)18-17(13-8-10-15(23)11-9-13)16(12-24)21(29)27(19(18)25)26-20(28)14-6-4-3-5-7-14/h3-11,16-17H,2,25H2,1H3,(H,26,28). The molecule has 158 valence electrons. The van der Waals surface area contributed by atoms with Gasteiger partial charge < -0.3 is 10.5 Å². The Kier molecular flexibility index (Phi) is 6.58. The molecule has 1 aliphatic rings. The van der Waals surface area contributed by atoms with Crippen LogP contribution in [-0.4, -0.2) is 29.4 Å². The van der Waals surface area contributed by atoms with Gasteiger partial charge >= 0.3 is 5.97 Å². The van der Waals surface area contributed by atoms with Crippen LogP contribution >= 0.6 is 11.6 Å². The van der Waals surface area contributed by atoms with E-state index in [-0.39, 0.29) is 23.6 Å². The number of rotatable bonds is 5. The monoisotopic (exact) mass is 438 g/mol. The molecule has 0 saturated carbocycles. The molecule has 3 N–H and O–H groups in total. The number of benzene rings is 2. The predicted molar refractivity (Wildman–Crippen MR) is 112 cm³/mol. The summed E-state index contributed by atoms with van der Waals surface area (Å²) in [5.41, 5.74) is 9.24. The summed E-state index contributed by atoms with van der Waals surface area (Å²) in [4.78, 5) is 38.5. The Hall–Kier alpha value is -3.83. The van der Waals surface area contributed by atoms with Crippen LogP contribution in [0.4, 0.5) is 0 Å². The Morgan fingerprint density at radius 2 is 1.84 bits per heavy atom. The molecule has 0 aromatic heterocycles. The molecule has 0 spiro atoms. The van der Waals surface area contributed by atoms with Crippen LogP contribution in [0.15, 0.2) is 66.0 Å². The van der Waals surface area contributed by atoms with Gasteiger partial charge in [-0.3, -0.25) is 15.0 Å². The smallest absolute Gasteiger partial charge is 0.338 e. The number of halogens is 1. The maximum Gasteiger partial charge on any atom is 0.338 e. The number of hydrazine groups is 1. The third-order valence-electron chi connectivity index (χ3n) is 4.76. The number of nitriles is 1. The van der Waals surface area contributed by atoms with Gasteiger partial charge in [0.2, 0.25) is 0 Å². The van der Waals surface area contributed by atoms with Crippen molar-refractivity contribution in [1.82, 2.24) is 10.4 Å². The second-order valence-electron chi connectivity index (χ2n) is 6.64. The summed E-state index contributed by atoms with van der Waals surface area (Å²) in [6.45, 7) is 1.68. The van der Waals surface area contributed by atoms with Crippen molar-refractivity contribution in [1.29, 1.82) is 5.26 Å². The van der Waals surface area contributed by atoms with E-state index in [1.165, 1.54) is 0 Å². The molecule has 3 rings (SSSR count). The first kappa shape index (κ1) is 21.9. The first-order valence-electron chi connectivity index (χ1n) is 9.40. The third kappa shape index (κ3) is 4.37. The molecule has 31 heavy (non-hydrogen) atoms. The maximum atomic E-state index is 13.1. The third-order valence-corrected chi connectivity index (χ3v) is 5.01. The Labute approximate surface area is 183 Å². The summed E-state index contributed by atoms with van der Waals surface area (Å²) in [5.74, 6) is -4.80. The van der Waals surface area contributed by atoms with Gasteiger partial charge in [-0.2, -0.15) is 5.26 Å². The maximum absolute atomic E-state index is 13.1. The molecule has 0 fully saturated rings. The van der Waals surface area contributed by atoms with Gasteiger partial charge in [-0.15, -0.1) is 0 Å². The largest absolute Gasteiger partial charge is 0.463 e. The first-order chi connectivity index (χ1) is 14.9. The van der Waals surface area contributed by atoms with Gasteiger partial charge in [0.1, 0.15) is 11.7 Å². The highest BCUT2D eigenvalue weighted by atomic mass is 35.5. The molecule has 1 heterocycles. The zero-order valence-electron chi connectivity index (χ0n) is 16.5. The molecule has 1 aliphatic heterocycles. The van der Waals surface area contributed by atoms with Crippen LogP contribution in [0.5, 0.6) is 0 Å². The van der Waals surface area contributed by atoms with E-state index in [0.29, 0.717) is 10.6 Å². The summed E-state index contributed by atoms with van der Waals surface area (Å²) >= 11 is 5.95. The molecule has 8 nitrogen and oxygen atoms in total. The summed E-state index contributed by atoms with van der Waals surface area (Å²) in [5, 5.41) is 11.0. The molecular formula is C22H19ClN4O4. The number of esters is 1. The van der Waals surface area contributed by atoms with E-state index in [4.69, 9.17) is 22.1 Å². The van der Waals surface area contributed by atoms with E-state index >= 15 is 0 Å². The molecule has 0 radical (unpaired) electrons. The van der Waals surface area contributed by atoms with Gasteiger partial charge in [-0.05, 0) is 36.8 Å². The highest BCUT2D eigenvalue weighted by Crippen LogP contribution is 2.39. The molecular weight excluding hydrogens is 420 g/mol. The Morgan fingerprint density at radius 1 is 1.19 bits per heavy atom. The fourth-order valence-electron chi connectivity index (χ4n) is 3.32. The zero-order chi connectivity index (χ0) is 22.5. The molecule has 2 aromatic rings. The minimum atomic E-state index is -1.33. The van der Waals surface area contributed by atoms with Crippen LogP contribution < -0.4 is 11.2 Å². The lowest BCUT2D eigenvalue weighted by atomic mass is 9.78. The van der Waals surface area contributed by atoms with E-state index in [0.717, 1.165) is 5.01 Å². The summed E-state index contributed by atoms with van der Waals surface area (Å²) in [6.07, 6.45) is 0. The van der Waals surface area contributed by atoms with Crippen molar-refractivity contribution < 1.29 is 19.1 Å². The molecule has 9 heteroatoms. The van der Waals surface area contributed by atoms with Crippen molar-refractivity contribution in [3.63, 3.8) is 0 Å². The lowest BCUT2D eigenvalue weighted by molar-refractivity contribution is -0.141. The van der Waals surface area contributed by atoms with Crippen LogP contribution in [0, 0.1) is 17.2 Å². The zero-order valence-corrected chi connectivity index (χ0v) is 17.3. The van der Waals surface area contributed by atoms with Crippen molar-refractivity contribution in [2.24, 2.45) is 11.7 Å². The molecule has 0 aliphatic carbocycles. The lowest BCUT2D eigenvalue weighted by Gasteiger charge is -2.36. The van der Waals surface area contributed by atoms with E-state index < -0.39 is 29.6 Å². The molecule has 2 unspecified atom stereocenters. The minimum Gasteiger partial charge on any atom is -0.463 e. The van der Waals surface area contributed by atoms with Crippen molar-refractivity contribution in [2.75, 3.05) is 6.61 Å². The highest BCUT2D eigenvalue weighted by molar-refractivity contribution is 6.30. The Bertz CT molecular complexity index is 1080. The van der Waals surface area contributed by atoms with E-state index in [9.17, 15) is 19.6 Å². The SMILES string of the molecule is CCOC(=O)C1=C(N)N(NC(=O)c2ccccc2)C(=O)C(C#N)C1c1ccc(Cl)cc1. The Balaban J connectivity index is 2.10. The highest BCUT2D eigenvalue weighted by Gasteiger charge is 2.46. The van der Waals surface area contributed by atoms with Crippen LogP contribution in [0.2, 0.25) is 5.02 Å². The number of nitrogens with one attached hydrogen (secondary N) is 1. The van der Waals surface area contributed by atoms with Crippen molar-refractivity contribution >= 4 is 29.4 Å². The normalized spacial score (nSPS) is 18.4. The Morgan fingerprint density at radius 3 is 2.42 bits per heavy atom. The number of hydrogen-bond donors (Lipinski definition) is 2. The number of nitrogens with zero attached hydrogens (tertiary/aromatic N) is 2. The van der Waals surface area contributed by atoms with Crippen LogP contribution in [0.1, 0.15) is 28.8 Å². The van der Waals surface area contributed by atoms with Crippen LogP contribution in [0.25, 0.3) is 0 Å². The molecule has 2 aromatic carbocycles. The fourth-order valence-corrected chi connectivity index (χ4v) is 3.44. The van der Waals surface area contributed by atoms with Crippen LogP contribution in [-0.2, 0) is 14.3 Å². The van der Waals surface area contributed by atoms with Gasteiger partial charge in [0.15, 0.2) is 0 Å². The fraction of sp³-hybridized carbons (Fsp3) is 0.182. The van der Waals surface area contributed by atoms with Gasteiger partial charge in [0.05, 0.1) is 18.2 Å².